The Hall–Kier alpha value is -1.86. The van der Waals surface area contributed by atoms with E-state index in [1.807, 2.05) is 24.3 Å². The van der Waals surface area contributed by atoms with E-state index >= 15 is 0 Å². The third-order valence-corrected chi connectivity index (χ3v) is 8.32. The number of hydrogen-bond acceptors (Lipinski definition) is 5. The van der Waals surface area contributed by atoms with Crippen LogP contribution in [-0.2, 0) is 4.74 Å². The summed E-state index contributed by atoms with van der Waals surface area (Å²) in [4.78, 5) is 20.0. The predicted molar refractivity (Wildman–Crippen MR) is 123 cm³/mol. The van der Waals surface area contributed by atoms with Gasteiger partial charge in [-0.15, -0.1) is 0 Å². The molecule has 2 aromatic carbocycles. The molecule has 6 heteroatoms. The quantitative estimate of drug-likeness (QED) is 0.705. The second-order valence-corrected chi connectivity index (χ2v) is 10.2. The number of fused-ring (bicyclic) bond motifs is 2. The summed E-state index contributed by atoms with van der Waals surface area (Å²) < 4.78 is 6.13. The van der Waals surface area contributed by atoms with Crippen molar-refractivity contribution in [3.05, 3.63) is 53.6 Å². The van der Waals surface area contributed by atoms with Crippen LogP contribution in [0.4, 0.5) is 5.69 Å². The van der Waals surface area contributed by atoms with Gasteiger partial charge in [0.15, 0.2) is 0 Å². The van der Waals surface area contributed by atoms with Gasteiger partial charge in [0.1, 0.15) is 12.3 Å². The lowest BCUT2D eigenvalue weighted by Crippen LogP contribution is -2.47. The molecular formula is C25H29N3O2S. The molecule has 5 nitrogen and oxygen atoms in total. The summed E-state index contributed by atoms with van der Waals surface area (Å²) in [5.41, 5.74) is 2.79. The molecule has 6 rings (SSSR count). The first-order valence-corrected chi connectivity index (χ1v) is 12.4. The summed E-state index contributed by atoms with van der Waals surface area (Å²) in [6.45, 7) is 4.82. The van der Waals surface area contributed by atoms with E-state index in [1.54, 1.807) is 11.8 Å². The van der Waals surface area contributed by atoms with Gasteiger partial charge in [0.25, 0.3) is 5.91 Å². The Morgan fingerprint density at radius 3 is 2.55 bits per heavy atom. The van der Waals surface area contributed by atoms with Gasteiger partial charge in [-0.25, -0.2) is 0 Å². The van der Waals surface area contributed by atoms with Crippen molar-refractivity contribution >= 4 is 23.4 Å². The van der Waals surface area contributed by atoms with Gasteiger partial charge in [-0.1, -0.05) is 36.4 Å². The lowest BCUT2D eigenvalue weighted by molar-refractivity contribution is 0.0701. The van der Waals surface area contributed by atoms with Crippen LogP contribution in [-0.4, -0.2) is 54.2 Å². The molecule has 0 radical (unpaired) electrons. The van der Waals surface area contributed by atoms with Crippen LogP contribution in [0.15, 0.2) is 52.3 Å². The van der Waals surface area contributed by atoms with E-state index in [1.165, 1.54) is 45.2 Å². The zero-order valence-corrected chi connectivity index (χ0v) is 18.6. The molecule has 0 aromatic heterocycles. The molecule has 2 aromatic rings. The van der Waals surface area contributed by atoms with Crippen molar-refractivity contribution < 1.29 is 9.53 Å². The lowest BCUT2D eigenvalue weighted by Gasteiger charge is -2.39. The Morgan fingerprint density at radius 1 is 0.903 bits per heavy atom. The molecule has 4 aliphatic rings. The number of epoxide rings is 1. The second kappa shape index (κ2) is 8.24. The number of piperidine rings is 2. The molecule has 0 saturated carbocycles. The molecule has 2 unspecified atom stereocenters. The van der Waals surface area contributed by atoms with Gasteiger partial charge < -0.3 is 15.0 Å². The molecule has 162 valence electrons. The lowest BCUT2D eigenvalue weighted by atomic mass is 9.99. The molecule has 4 aliphatic heterocycles. The molecule has 2 atom stereocenters. The SMILES string of the molecule is O=C1Nc2cc(C3OC3N3CCC(N4CCCCC4)CC3)ccc2Sc2ccccc21. The maximum atomic E-state index is 12.7. The van der Waals surface area contributed by atoms with Crippen molar-refractivity contribution in [1.82, 2.24) is 9.80 Å². The third-order valence-electron chi connectivity index (χ3n) is 7.17. The first-order valence-electron chi connectivity index (χ1n) is 11.6. The van der Waals surface area contributed by atoms with Crippen LogP contribution < -0.4 is 5.32 Å². The summed E-state index contributed by atoms with van der Waals surface area (Å²) in [5, 5.41) is 3.10. The van der Waals surface area contributed by atoms with Crippen LogP contribution in [0.25, 0.3) is 0 Å². The molecule has 31 heavy (non-hydrogen) atoms. The minimum Gasteiger partial charge on any atom is -0.348 e. The van der Waals surface area contributed by atoms with Crippen LogP contribution in [0, 0.1) is 0 Å². The van der Waals surface area contributed by atoms with Crippen LogP contribution in [0.3, 0.4) is 0 Å². The predicted octanol–water partition coefficient (Wildman–Crippen LogP) is 4.75. The van der Waals surface area contributed by atoms with Crippen molar-refractivity contribution in [2.45, 2.75) is 60.3 Å². The van der Waals surface area contributed by atoms with E-state index in [0.717, 1.165) is 45.7 Å². The molecule has 1 amide bonds. The van der Waals surface area contributed by atoms with E-state index in [9.17, 15) is 4.79 Å². The van der Waals surface area contributed by atoms with E-state index in [-0.39, 0.29) is 18.2 Å². The number of rotatable bonds is 3. The number of ether oxygens (including phenoxy) is 1. The number of amides is 1. The monoisotopic (exact) mass is 435 g/mol. The number of likely N-dealkylation sites (tertiary alicyclic amines) is 2. The van der Waals surface area contributed by atoms with Gasteiger partial charge in [0.2, 0.25) is 0 Å². The average Bonchev–Trinajstić information content (AvgIpc) is 3.63. The van der Waals surface area contributed by atoms with E-state index < -0.39 is 0 Å². The minimum absolute atomic E-state index is 0.0351. The molecule has 0 spiro atoms. The summed E-state index contributed by atoms with van der Waals surface area (Å²) in [5.74, 6) is -0.0351. The Balaban J connectivity index is 1.11. The Bertz CT molecular complexity index is 982. The molecule has 3 saturated heterocycles. The second-order valence-electron chi connectivity index (χ2n) is 9.12. The highest BCUT2D eigenvalue weighted by molar-refractivity contribution is 7.99. The molecular weight excluding hydrogens is 406 g/mol. The van der Waals surface area contributed by atoms with Crippen LogP contribution in [0.5, 0.6) is 0 Å². The topological polar surface area (TPSA) is 48.1 Å². The molecule has 3 fully saturated rings. The average molecular weight is 436 g/mol. The van der Waals surface area contributed by atoms with Crippen molar-refractivity contribution in [3.63, 3.8) is 0 Å². The third kappa shape index (κ3) is 3.91. The first-order chi connectivity index (χ1) is 15.3. The van der Waals surface area contributed by atoms with E-state index in [4.69, 9.17) is 4.74 Å². The van der Waals surface area contributed by atoms with E-state index in [2.05, 4.69) is 33.3 Å². The van der Waals surface area contributed by atoms with Gasteiger partial charge in [-0.2, -0.15) is 0 Å². The normalized spacial score (nSPS) is 27.2. The van der Waals surface area contributed by atoms with Gasteiger partial charge in [-0.05, 0) is 68.6 Å². The smallest absolute Gasteiger partial charge is 0.256 e. The fourth-order valence-electron chi connectivity index (χ4n) is 5.38. The van der Waals surface area contributed by atoms with Crippen LogP contribution >= 0.6 is 11.8 Å². The summed E-state index contributed by atoms with van der Waals surface area (Å²) in [7, 11) is 0. The highest BCUT2D eigenvalue weighted by Crippen LogP contribution is 2.46. The molecule has 0 aliphatic carbocycles. The summed E-state index contributed by atoms with van der Waals surface area (Å²) in [6.07, 6.45) is 6.94. The van der Waals surface area contributed by atoms with Crippen molar-refractivity contribution in [2.24, 2.45) is 0 Å². The van der Waals surface area contributed by atoms with Crippen molar-refractivity contribution in [2.75, 3.05) is 31.5 Å². The van der Waals surface area contributed by atoms with Crippen LogP contribution in [0.1, 0.15) is 54.1 Å². The summed E-state index contributed by atoms with van der Waals surface area (Å²) in [6, 6.07) is 14.9. The zero-order valence-electron chi connectivity index (χ0n) is 17.8. The van der Waals surface area contributed by atoms with Gasteiger partial charge in [-0.3, -0.25) is 9.69 Å². The maximum absolute atomic E-state index is 12.7. The molecule has 4 heterocycles. The highest BCUT2D eigenvalue weighted by Gasteiger charge is 2.46. The first kappa shape index (κ1) is 19.8. The summed E-state index contributed by atoms with van der Waals surface area (Å²) >= 11 is 1.65. The van der Waals surface area contributed by atoms with Gasteiger partial charge in [0, 0.05) is 28.9 Å². The highest BCUT2D eigenvalue weighted by atomic mass is 32.2. The van der Waals surface area contributed by atoms with Gasteiger partial charge >= 0.3 is 0 Å². The van der Waals surface area contributed by atoms with E-state index in [0.29, 0.717) is 0 Å². The Labute approximate surface area is 188 Å². The number of carbonyl (C=O) groups excluding carboxylic acids is 1. The number of hydrogen-bond donors (Lipinski definition) is 1. The Kier molecular flexibility index (Phi) is 5.27. The molecule has 1 N–H and O–H groups in total. The van der Waals surface area contributed by atoms with Crippen molar-refractivity contribution in [3.8, 4) is 0 Å². The van der Waals surface area contributed by atoms with Crippen LogP contribution in [0.2, 0.25) is 0 Å². The minimum atomic E-state index is -0.0351. The Morgan fingerprint density at radius 2 is 1.71 bits per heavy atom. The fourth-order valence-corrected chi connectivity index (χ4v) is 6.39. The number of nitrogens with one attached hydrogen (secondary N) is 1. The number of anilines is 1. The largest absolute Gasteiger partial charge is 0.348 e. The van der Waals surface area contributed by atoms with Gasteiger partial charge in [0.05, 0.1) is 11.3 Å². The zero-order chi connectivity index (χ0) is 20.8. The van der Waals surface area contributed by atoms with Crippen molar-refractivity contribution in [1.29, 1.82) is 0 Å². The maximum Gasteiger partial charge on any atom is 0.256 e. The standard InChI is InChI=1S/C25H29N3O2S/c29-24-19-6-2-3-7-21(19)31-22-9-8-17(16-20(22)26-24)23-25(30-23)28-14-10-18(11-15-28)27-12-4-1-5-13-27/h2-3,6-9,16,18,23,25H,1,4-5,10-15H2,(H,26,29). The number of carbonyl (C=O) groups is 1. The molecule has 0 bridgehead atoms. The number of benzene rings is 2. The number of nitrogens with zero attached hydrogens (tertiary/aromatic N) is 2. The fraction of sp³-hybridized carbons (Fsp3) is 0.480.